The van der Waals surface area contributed by atoms with Gasteiger partial charge in [-0.25, -0.2) is 4.68 Å². The highest BCUT2D eigenvalue weighted by atomic mass is 16.3. The highest BCUT2D eigenvalue weighted by molar-refractivity contribution is 4.97. The van der Waals surface area contributed by atoms with Gasteiger partial charge in [0.2, 0.25) is 0 Å². The molecular weight excluding hydrogens is 134 g/mol. The van der Waals surface area contributed by atoms with E-state index in [0.717, 1.165) is 0 Å². The highest BCUT2D eigenvalue weighted by Gasteiger charge is 2.09. The lowest BCUT2D eigenvalue weighted by atomic mass is 10.3. The van der Waals surface area contributed by atoms with E-state index in [1.807, 2.05) is 0 Å². The molecule has 1 rings (SSSR count). The molecule has 2 N–H and O–H groups in total. The Morgan fingerprint density at radius 1 is 1.80 bits per heavy atom. The van der Waals surface area contributed by atoms with Crippen molar-refractivity contribution >= 4 is 0 Å². The van der Waals surface area contributed by atoms with Crippen LogP contribution in [0.2, 0.25) is 0 Å². The van der Waals surface area contributed by atoms with Crippen molar-refractivity contribution < 1.29 is 10.2 Å². The Morgan fingerprint density at radius 2 is 2.50 bits per heavy atom. The molecule has 0 saturated carbocycles. The SMILES string of the molecule is Cn1nncc1C(O)CO. The zero-order valence-electron chi connectivity index (χ0n) is 5.60. The molecule has 0 aliphatic carbocycles. The van der Waals surface area contributed by atoms with Crippen LogP contribution in [0, 0.1) is 0 Å². The number of aliphatic hydroxyl groups excluding tert-OH is 2. The first-order valence-corrected chi connectivity index (χ1v) is 2.89. The van der Waals surface area contributed by atoms with Crippen molar-refractivity contribution in [3.8, 4) is 0 Å². The smallest absolute Gasteiger partial charge is 0.120 e. The van der Waals surface area contributed by atoms with Gasteiger partial charge in [0, 0.05) is 7.05 Å². The molecule has 1 aromatic rings. The Morgan fingerprint density at radius 3 is 2.90 bits per heavy atom. The molecule has 0 bridgehead atoms. The van der Waals surface area contributed by atoms with E-state index in [1.165, 1.54) is 10.9 Å². The maximum Gasteiger partial charge on any atom is 0.120 e. The molecule has 0 spiro atoms. The van der Waals surface area contributed by atoms with Gasteiger partial charge < -0.3 is 10.2 Å². The summed E-state index contributed by atoms with van der Waals surface area (Å²) in [5.41, 5.74) is 0.516. The minimum absolute atomic E-state index is 0.304. The third-order valence-electron chi connectivity index (χ3n) is 1.26. The summed E-state index contributed by atoms with van der Waals surface area (Å²) < 4.78 is 1.42. The molecule has 0 aliphatic heterocycles. The molecule has 0 aromatic carbocycles. The van der Waals surface area contributed by atoms with E-state index >= 15 is 0 Å². The van der Waals surface area contributed by atoms with Gasteiger partial charge >= 0.3 is 0 Å². The van der Waals surface area contributed by atoms with Gasteiger partial charge in [0.25, 0.3) is 0 Å². The van der Waals surface area contributed by atoms with Crippen LogP contribution in [0.15, 0.2) is 6.20 Å². The van der Waals surface area contributed by atoms with Gasteiger partial charge in [0.15, 0.2) is 0 Å². The summed E-state index contributed by atoms with van der Waals surface area (Å²) in [6, 6.07) is 0. The molecule has 1 atom stereocenters. The first kappa shape index (κ1) is 7.17. The van der Waals surface area contributed by atoms with E-state index in [0.29, 0.717) is 5.69 Å². The van der Waals surface area contributed by atoms with Gasteiger partial charge in [-0.2, -0.15) is 0 Å². The minimum atomic E-state index is -0.875. The first-order valence-electron chi connectivity index (χ1n) is 2.89. The van der Waals surface area contributed by atoms with Crippen molar-refractivity contribution in [2.75, 3.05) is 6.61 Å². The van der Waals surface area contributed by atoms with Gasteiger partial charge in [-0.3, -0.25) is 0 Å². The van der Waals surface area contributed by atoms with E-state index in [-0.39, 0.29) is 6.61 Å². The molecule has 5 heteroatoms. The largest absolute Gasteiger partial charge is 0.393 e. The molecule has 1 aromatic heterocycles. The van der Waals surface area contributed by atoms with Gasteiger partial charge in [0.05, 0.1) is 18.5 Å². The molecule has 0 fully saturated rings. The molecule has 10 heavy (non-hydrogen) atoms. The zero-order valence-corrected chi connectivity index (χ0v) is 5.60. The number of hydrogen-bond donors (Lipinski definition) is 2. The monoisotopic (exact) mass is 143 g/mol. The van der Waals surface area contributed by atoms with Crippen LogP contribution in [0.25, 0.3) is 0 Å². The molecule has 0 radical (unpaired) electrons. The van der Waals surface area contributed by atoms with Crippen LogP contribution in [0.5, 0.6) is 0 Å². The van der Waals surface area contributed by atoms with Crippen molar-refractivity contribution in [1.29, 1.82) is 0 Å². The van der Waals surface area contributed by atoms with Crippen molar-refractivity contribution in [2.45, 2.75) is 6.10 Å². The van der Waals surface area contributed by atoms with Crippen molar-refractivity contribution in [3.63, 3.8) is 0 Å². The molecular formula is C5H9N3O2. The van der Waals surface area contributed by atoms with Crippen LogP contribution in [0.4, 0.5) is 0 Å². The van der Waals surface area contributed by atoms with Gasteiger partial charge in [-0.1, -0.05) is 5.21 Å². The molecule has 56 valence electrons. The third-order valence-corrected chi connectivity index (χ3v) is 1.26. The topological polar surface area (TPSA) is 71.2 Å². The standard InChI is InChI=1S/C5H9N3O2/c1-8-4(2-6-7-8)5(10)3-9/h2,5,9-10H,3H2,1H3. The lowest BCUT2D eigenvalue weighted by Gasteiger charge is -2.04. The van der Waals surface area contributed by atoms with Gasteiger partial charge in [-0.05, 0) is 0 Å². The van der Waals surface area contributed by atoms with Crippen LogP contribution in [0.1, 0.15) is 11.8 Å². The second-order valence-electron chi connectivity index (χ2n) is 1.98. The Bertz CT molecular complexity index is 210. The summed E-state index contributed by atoms with van der Waals surface area (Å²) in [6.07, 6.45) is 0.543. The van der Waals surface area contributed by atoms with E-state index in [1.54, 1.807) is 7.05 Å². The third kappa shape index (κ3) is 1.14. The lowest BCUT2D eigenvalue weighted by molar-refractivity contribution is 0.0891. The van der Waals surface area contributed by atoms with Crippen molar-refractivity contribution in [1.82, 2.24) is 15.0 Å². The number of aryl methyl sites for hydroxylation is 1. The number of rotatable bonds is 2. The van der Waals surface area contributed by atoms with Crippen LogP contribution < -0.4 is 0 Å². The van der Waals surface area contributed by atoms with E-state index in [2.05, 4.69) is 10.3 Å². The Balaban J connectivity index is 2.82. The van der Waals surface area contributed by atoms with Crippen LogP contribution in [-0.2, 0) is 7.05 Å². The van der Waals surface area contributed by atoms with E-state index in [9.17, 15) is 0 Å². The summed E-state index contributed by atoms with van der Waals surface area (Å²) in [5.74, 6) is 0. The summed E-state index contributed by atoms with van der Waals surface area (Å²) in [5, 5.41) is 24.7. The normalized spacial score (nSPS) is 13.5. The van der Waals surface area contributed by atoms with Crippen molar-refractivity contribution in [2.24, 2.45) is 7.05 Å². The average molecular weight is 143 g/mol. The fraction of sp³-hybridized carbons (Fsp3) is 0.600. The quantitative estimate of drug-likeness (QED) is 0.548. The highest BCUT2D eigenvalue weighted by Crippen LogP contribution is 2.06. The fourth-order valence-corrected chi connectivity index (χ4v) is 0.693. The molecule has 5 nitrogen and oxygen atoms in total. The van der Waals surface area contributed by atoms with E-state index in [4.69, 9.17) is 10.2 Å². The average Bonchev–Trinajstić information content (AvgIpc) is 2.34. The van der Waals surface area contributed by atoms with Gasteiger partial charge in [-0.15, -0.1) is 5.10 Å². The van der Waals surface area contributed by atoms with Crippen LogP contribution in [0.3, 0.4) is 0 Å². The fourth-order valence-electron chi connectivity index (χ4n) is 0.693. The maximum atomic E-state index is 9.05. The molecule has 0 amide bonds. The molecule has 0 saturated heterocycles. The number of aromatic nitrogens is 3. The molecule has 1 heterocycles. The second kappa shape index (κ2) is 2.76. The summed E-state index contributed by atoms with van der Waals surface area (Å²) in [6.45, 7) is -0.304. The van der Waals surface area contributed by atoms with E-state index < -0.39 is 6.10 Å². The Hall–Kier alpha value is -0.940. The Labute approximate surface area is 57.9 Å². The summed E-state index contributed by atoms with van der Waals surface area (Å²) >= 11 is 0. The van der Waals surface area contributed by atoms with Crippen LogP contribution >= 0.6 is 0 Å². The predicted octanol–water partition coefficient (Wildman–Crippen LogP) is -1.16. The summed E-state index contributed by atoms with van der Waals surface area (Å²) in [7, 11) is 1.65. The van der Waals surface area contributed by atoms with Crippen molar-refractivity contribution in [3.05, 3.63) is 11.9 Å². The first-order chi connectivity index (χ1) is 4.75. The van der Waals surface area contributed by atoms with Crippen LogP contribution in [-0.4, -0.2) is 31.8 Å². The number of nitrogens with zero attached hydrogens (tertiary/aromatic N) is 3. The maximum absolute atomic E-state index is 9.05. The summed E-state index contributed by atoms with van der Waals surface area (Å²) in [4.78, 5) is 0. The zero-order chi connectivity index (χ0) is 7.56. The number of aliphatic hydroxyl groups is 2. The Kier molecular flexibility index (Phi) is 1.98. The molecule has 0 aliphatic rings. The second-order valence-corrected chi connectivity index (χ2v) is 1.98. The predicted molar refractivity (Wildman–Crippen MR) is 33.0 cm³/mol. The number of hydrogen-bond acceptors (Lipinski definition) is 4. The van der Waals surface area contributed by atoms with Gasteiger partial charge in [0.1, 0.15) is 6.10 Å². The molecule has 1 unspecified atom stereocenters. The minimum Gasteiger partial charge on any atom is -0.393 e. The lowest BCUT2D eigenvalue weighted by Crippen LogP contribution is -2.08.